The molecule has 3 aromatic heterocycles. The first kappa shape index (κ1) is 24.3. The minimum absolute atomic E-state index is 0.0602. The number of rotatable bonds is 6. The second-order valence-electron chi connectivity index (χ2n) is 9.36. The van der Waals surface area contributed by atoms with Crippen molar-refractivity contribution >= 4 is 45.4 Å². The summed E-state index contributed by atoms with van der Waals surface area (Å²) in [6, 6.07) is 11.7. The molecule has 39 heavy (non-hydrogen) atoms. The summed E-state index contributed by atoms with van der Waals surface area (Å²) < 4.78 is 8.13. The van der Waals surface area contributed by atoms with Gasteiger partial charge in [0.15, 0.2) is 5.82 Å². The van der Waals surface area contributed by atoms with E-state index in [1.807, 2.05) is 54.9 Å². The summed E-state index contributed by atoms with van der Waals surface area (Å²) in [5.74, 6) is 2.58. The number of carbonyl (C=O) groups excluding carboxylic acids is 1. The maximum atomic E-state index is 11.9. The van der Waals surface area contributed by atoms with E-state index in [-0.39, 0.29) is 5.91 Å². The Hall–Kier alpha value is -5.06. The molecule has 5 aromatic rings. The van der Waals surface area contributed by atoms with Gasteiger partial charge in [-0.2, -0.15) is 0 Å². The van der Waals surface area contributed by atoms with E-state index in [1.165, 1.54) is 12.4 Å². The van der Waals surface area contributed by atoms with Gasteiger partial charge in [-0.25, -0.2) is 24.9 Å². The van der Waals surface area contributed by atoms with E-state index >= 15 is 0 Å². The summed E-state index contributed by atoms with van der Waals surface area (Å²) in [6.07, 6.45) is 6.33. The highest BCUT2D eigenvalue weighted by atomic mass is 16.5. The number of aromatic nitrogens is 6. The number of anilines is 3. The Morgan fingerprint density at radius 1 is 1.03 bits per heavy atom. The lowest BCUT2D eigenvalue weighted by Gasteiger charge is -2.34. The van der Waals surface area contributed by atoms with Crippen LogP contribution in [0.1, 0.15) is 5.56 Å². The Labute approximate surface area is 224 Å². The molecule has 0 atom stereocenters. The smallest absolute Gasteiger partial charge is 0.246 e. The lowest BCUT2D eigenvalue weighted by Crippen LogP contribution is -2.48. The number of imidazole rings is 1. The first-order valence-corrected chi connectivity index (χ1v) is 12.6. The zero-order chi connectivity index (χ0) is 26.9. The quantitative estimate of drug-likeness (QED) is 0.331. The van der Waals surface area contributed by atoms with Crippen LogP contribution in [0.25, 0.3) is 22.1 Å². The zero-order valence-corrected chi connectivity index (χ0v) is 21.7. The van der Waals surface area contributed by atoms with Crippen LogP contribution in [0.15, 0.2) is 67.9 Å². The van der Waals surface area contributed by atoms with Gasteiger partial charge in [-0.15, -0.1) is 0 Å². The van der Waals surface area contributed by atoms with Crippen LogP contribution in [-0.2, 0) is 11.8 Å². The molecule has 11 nitrogen and oxygen atoms in total. The van der Waals surface area contributed by atoms with Crippen molar-refractivity contribution in [3.05, 3.63) is 73.5 Å². The van der Waals surface area contributed by atoms with Crippen molar-refractivity contribution in [2.24, 2.45) is 7.05 Å². The van der Waals surface area contributed by atoms with E-state index in [0.29, 0.717) is 49.0 Å². The van der Waals surface area contributed by atoms with E-state index in [2.05, 4.69) is 36.7 Å². The number of piperazine rings is 1. The number of ether oxygens (including phenoxy) is 1. The molecular weight excluding hydrogens is 494 g/mol. The number of amides is 1. The standard InChI is InChI=1S/C28H27N9O2/c1-4-25(38)36-9-11-37(12-10-36)28-29-15-22-26(34-28)27(31-16-30-22)33-19-5-8-24(18(2)13-19)39-20-6-7-23-21(14-20)32-17-35(23)3/h4-8,13-17H,1,9-12H2,2-3H3,(H,30,31,33). The molecule has 1 amide bonds. The van der Waals surface area contributed by atoms with Crippen LogP contribution in [0.5, 0.6) is 11.5 Å². The topological polar surface area (TPSA) is 114 Å². The fourth-order valence-electron chi connectivity index (χ4n) is 4.63. The van der Waals surface area contributed by atoms with Gasteiger partial charge in [-0.3, -0.25) is 4.79 Å². The molecule has 1 aliphatic rings. The molecule has 196 valence electrons. The van der Waals surface area contributed by atoms with Gasteiger partial charge in [0.2, 0.25) is 11.9 Å². The third-order valence-corrected chi connectivity index (χ3v) is 6.78. The number of benzene rings is 2. The van der Waals surface area contributed by atoms with Gasteiger partial charge in [0.05, 0.1) is 23.6 Å². The lowest BCUT2D eigenvalue weighted by molar-refractivity contribution is -0.126. The highest BCUT2D eigenvalue weighted by Crippen LogP contribution is 2.31. The van der Waals surface area contributed by atoms with E-state index < -0.39 is 0 Å². The first-order chi connectivity index (χ1) is 19.0. The molecule has 11 heteroatoms. The molecule has 0 saturated carbocycles. The van der Waals surface area contributed by atoms with Crippen molar-refractivity contribution in [1.82, 2.24) is 34.4 Å². The van der Waals surface area contributed by atoms with Gasteiger partial charge in [0.25, 0.3) is 0 Å². The maximum Gasteiger partial charge on any atom is 0.246 e. The number of nitrogens with one attached hydrogen (secondary N) is 1. The molecule has 2 aromatic carbocycles. The zero-order valence-electron chi connectivity index (χ0n) is 21.7. The highest BCUT2D eigenvalue weighted by molar-refractivity contribution is 5.88. The predicted molar refractivity (Wildman–Crippen MR) is 149 cm³/mol. The minimum Gasteiger partial charge on any atom is -0.457 e. The largest absolute Gasteiger partial charge is 0.457 e. The van der Waals surface area contributed by atoms with Crippen LogP contribution in [-0.4, -0.2) is 66.5 Å². The summed E-state index contributed by atoms with van der Waals surface area (Å²) >= 11 is 0. The number of aryl methyl sites for hydroxylation is 2. The van der Waals surface area contributed by atoms with E-state index in [4.69, 9.17) is 9.72 Å². The van der Waals surface area contributed by atoms with Crippen molar-refractivity contribution in [2.45, 2.75) is 6.92 Å². The van der Waals surface area contributed by atoms with Crippen LogP contribution in [0.3, 0.4) is 0 Å². The minimum atomic E-state index is -0.0602. The average molecular weight is 522 g/mol. The number of hydrogen-bond donors (Lipinski definition) is 1. The Morgan fingerprint density at radius 2 is 1.87 bits per heavy atom. The van der Waals surface area contributed by atoms with E-state index in [0.717, 1.165) is 33.8 Å². The Balaban J connectivity index is 1.20. The fraction of sp³-hybridized carbons (Fsp3) is 0.214. The van der Waals surface area contributed by atoms with Crippen LogP contribution in [0.4, 0.5) is 17.5 Å². The van der Waals surface area contributed by atoms with Crippen molar-refractivity contribution in [2.75, 3.05) is 36.4 Å². The Morgan fingerprint density at radius 3 is 2.67 bits per heavy atom. The molecule has 1 aliphatic heterocycles. The number of fused-ring (bicyclic) bond motifs is 2. The summed E-state index contributed by atoms with van der Waals surface area (Å²) in [5.41, 5.74) is 4.99. The van der Waals surface area contributed by atoms with Gasteiger partial charge in [0, 0.05) is 45.0 Å². The lowest BCUT2D eigenvalue weighted by atomic mass is 10.2. The van der Waals surface area contributed by atoms with Gasteiger partial charge in [-0.1, -0.05) is 6.58 Å². The first-order valence-electron chi connectivity index (χ1n) is 12.6. The molecule has 0 spiro atoms. The predicted octanol–water partition coefficient (Wildman–Crippen LogP) is 3.99. The summed E-state index contributed by atoms with van der Waals surface area (Å²) in [5, 5.41) is 3.37. The van der Waals surface area contributed by atoms with Crippen LogP contribution in [0.2, 0.25) is 0 Å². The second kappa shape index (κ2) is 10.0. The van der Waals surface area contributed by atoms with Crippen molar-refractivity contribution < 1.29 is 9.53 Å². The van der Waals surface area contributed by atoms with Crippen molar-refractivity contribution in [1.29, 1.82) is 0 Å². The number of nitrogens with zero attached hydrogens (tertiary/aromatic N) is 8. The molecule has 0 aliphatic carbocycles. The molecule has 6 rings (SSSR count). The maximum absolute atomic E-state index is 11.9. The average Bonchev–Trinajstić information content (AvgIpc) is 3.34. The van der Waals surface area contributed by atoms with E-state index in [1.54, 1.807) is 17.4 Å². The Bertz CT molecular complexity index is 1710. The normalized spacial score (nSPS) is 13.6. The Kier molecular flexibility index (Phi) is 6.23. The third kappa shape index (κ3) is 4.81. The SMILES string of the molecule is C=CC(=O)N1CCN(c2ncc3ncnc(Nc4ccc(Oc5ccc6c(c5)ncn6C)c(C)c4)c3n2)CC1. The molecule has 1 fully saturated rings. The number of carbonyl (C=O) groups is 1. The highest BCUT2D eigenvalue weighted by Gasteiger charge is 2.22. The second-order valence-corrected chi connectivity index (χ2v) is 9.36. The van der Waals surface area contributed by atoms with Crippen LogP contribution < -0.4 is 15.0 Å². The van der Waals surface area contributed by atoms with Crippen molar-refractivity contribution in [3.8, 4) is 11.5 Å². The third-order valence-electron chi connectivity index (χ3n) is 6.78. The summed E-state index contributed by atoms with van der Waals surface area (Å²) in [7, 11) is 1.97. The van der Waals surface area contributed by atoms with Gasteiger partial charge < -0.3 is 24.4 Å². The fourth-order valence-corrected chi connectivity index (χ4v) is 4.63. The molecule has 0 unspecified atom stereocenters. The molecular formula is C28H27N9O2. The molecule has 0 radical (unpaired) electrons. The van der Waals surface area contributed by atoms with Gasteiger partial charge in [-0.05, 0) is 48.9 Å². The van der Waals surface area contributed by atoms with Gasteiger partial charge >= 0.3 is 0 Å². The molecule has 1 N–H and O–H groups in total. The summed E-state index contributed by atoms with van der Waals surface area (Å²) in [4.78, 5) is 38.2. The molecule has 4 heterocycles. The van der Waals surface area contributed by atoms with E-state index in [9.17, 15) is 4.79 Å². The van der Waals surface area contributed by atoms with Crippen LogP contribution in [0, 0.1) is 6.92 Å². The van der Waals surface area contributed by atoms with Crippen LogP contribution >= 0.6 is 0 Å². The molecule has 0 bridgehead atoms. The summed E-state index contributed by atoms with van der Waals surface area (Å²) in [6.45, 7) is 8.01. The molecule has 1 saturated heterocycles. The number of hydrogen-bond acceptors (Lipinski definition) is 9. The monoisotopic (exact) mass is 521 g/mol. The van der Waals surface area contributed by atoms with Gasteiger partial charge in [0.1, 0.15) is 28.9 Å². The van der Waals surface area contributed by atoms with Crippen molar-refractivity contribution in [3.63, 3.8) is 0 Å².